The fourth-order valence-corrected chi connectivity index (χ4v) is 1.47. The highest BCUT2D eigenvalue weighted by Crippen LogP contribution is 2.52. The van der Waals surface area contributed by atoms with Gasteiger partial charge in [-0.1, -0.05) is 6.07 Å². The molecule has 0 spiro atoms. The minimum absolute atomic E-state index is 0.223. The first kappa shape index (κ1) is 8.21. The summed E-state index contributed by atoms with van der Waals surface area (Å²) in [4.78, 5) is 4.16. The van der Waals surface area contributed by atoms with Crippen LogP contribution in [0.1, 0.15) is 24.6 Å². The third kappa shape index (κ3) is 1.30. The Morgan fingerprint density at radius 1 is 1.54 bits per heavy atom. The molecule has 66 valence electrons. The Bertz CT molecular complexity index is 335. The van der Waals surface area contributed by atoms with E-state index in [1.54, 1.807) is 6.20 Å². The lowest BCUT2D eigenvalue weighted by Gasteiger charge is -2.14. The van der Waals surface area contributed by atoms with E-state index < -0.39 is 0 Å². The standard InChI is InChI=1S/C10H11N3/c11-7-10(4-5-10)9(12)8-3-1-2-6-13-8/h1-3,6,9H,4-5,12H2. The molecule has 1 fully saturated rings. The number of aromatic nitrogens is 1. The van der Waals surface area contributed by atoms with Crippen LogP contribution in [0.25, 0.3) is 0 Å². The second-order valence-electron chi connectivity index (χ2n) is 3.50. The van der Waals surface area contributed by atoms with Gasteiger partial charge < -0.3 is 5.73 Å². The van der Waals surface area contributed by atoms with E-state index in [9.17, 15) is 0 Å². The molecule has 1 saturated carbocycles. The molecular weight excluding hydrogens is 162 g/mol. The first-order valence-electron chi connectivity index (χ1n) is 4.36. The molecule has 0 radical (unpaired) electrons. The highest BCUT2D eigenvalue weighted by Gasteiger charge is 2.49. The zero-order chi connectivity index (χ0) is 9.31. The van der Waals surface area contributed by atoms with Crippen molar-refractivity contribution in [3.63, 3.8) is 0 Å². The SMILES string of the molecule is N#CC1(C(N)c2ccccn2)CC1. The molecule has 0 saturated heterocycles. The van der Waals surface area contributed by atoms with Gasteiger partial charge in [0.05, 0.1) is 23.2 Å². The van der Waals surface area contributed by atoms with Crippen molar-refractivity contribution in [2.24, 2.45) is 11.1 Å². The predicted octanol–water partition coefficient (Wildman–Crippen LogP) is 1.39. The van der Waals surface area contributed by atoms with E-state index >= 15 is 0 Å². The van der Waals surface area contributed by atoms with Crippen molar-refractivity contribution >= 4 is 0 Å². The smallest absolute Gasteiger partial charge is 0.0782 e. The molecule has 0 aliphatic heterocycles. The molecule has 1 aliphatic carbocycles. The maximum atomic E-state index is 8.93. The second-order valence-corrected chi connectivity index (χ2v) is 3.50. The average molecular weight is 173 g/mol. The molecule has 0 aromatic carbocycles. The molecule has 1 aromatic heterocycles. The van der Waals surface area contributed by atoms with E-state index in [2.05, 4.69) is 11.1 Å². The number of pyridine rings is 1. The summed E-state index contributed by atoms with van der Waals surface area (Å²) in [6.07, 6.45) is 3.52. The van der Waals surface area contributed by atoms with Crippen LogP contribution in [-0.2, 0) is 0 Å². The normalized spacial score (nSPS) is 20.3. The summed E-state index contributed by atoms with van der Waals surface area (Å²) < 4.78 is 0. The zero-order valence-corrected chi connectivity index (χ0v) is 7.27. The van der Waals surface area contributed by atoms with E-state index in [0.717, 1.165) is 18.5 Å². The van der Waals surface area contributed by atoms with Crippen molar-refractivity contribution in [3.05, 3.63) is 30.1 Å². The quantitative estimate of drug-likeness (QED) is 0.735. The largest absolute Gasteiger partial charge is 0.321 e. The number of hydrogen-bond donors (Lipinski definition) is 1. The molecule has 2 N–H and O–H groups in total. The van der Waals surface area contributed by atoms with E-state index in [1.807, 2.05) is 18.2 Å². The minimum atomic E-state index is -0.325. The van der Waals surface area contributed by atoms with Gasteiger partial charge in [-0.2, -0.15) is 5.26 Å². The Morgan fingerprint density at radius 3 is 2.77 bits per heavy atom. The van der Waals surface area contributed by atoms with Crippen LogP contribution in [0.5, 0.6) is 0 Å². The lowest BCUT2D eigenvalue weighted by Crippen LogP contribution is -2.22. The van der Waals surface area contributed by atoms with Crippen LogP contribution in [0.2, 0.25) is 0 Å². The summed E-state index contributed by atoms with van der Waals surface area (Å²) in [6.45, 7) is 0. The van der Waals surface area contributed by atoms with Crippen LogP contribution in [-0.4, -0.2) is 4.98 Å². The van der Waals surface area contributed by atoms with E-state index in [0.29, 0.717) is 0 Å². The fourth-order valence-electron chi connectivity index (χ4n) is 1.47. The zero-order valence-electron chi connectivity index (χ0n) is 7.27. The lowest BCUT2D eigenvalue weighted by atomic mass is 9.96. The van der Waals surface area contributed by atoms with E-state index in [4.69, 9.17) is 11.0 Å². The van der Waals surface area contributed by atoms with Gasteiger partial charge in [0.1, 0.15) is 0 Å². The van der Waals surface area contributed by atoms with Crippen molar-refractivity contribution < 1.29 is 0 Å². The van der Waals surface area contributed by atoms with Gasteiger partial charge in [0, 0.05) is 6.20 Å². The van der Waals surface area contributed by atoms with E-state index in [-0.39, 0.29) is 11.5 Å². The Morgan fingerprint density at radius 2 is 2.31 bits per heavy atom. The molecule has 3 heteroatoms. The molecule has 1 aromatic rings. The first-order valence-corrected chi connectivity index (χ1v) is 4.36. The van der Waals surface area contributed by atoms with Crippen molar-refractivity contribution in [3.8, 4) is 6.07 Å². The van der Waals surface area contributed by atoms with Crippen molar-refractivity contribution in [2.45, 2.75) is 18.9 Å². The van der Waals surface area contributed by atoms with Gasteiger partial charge in [-0.3, -0.25) is 4.98 Å². The monoisotopic (exact) mass is 173 g/mol. The Kier molecular flexibility index (Phi) is 1.78. The third-order valence-corrected chi connectivity index (χ3v) is 2.61. The van der Waals surface area contributed by atoms with Crippen LogP contribution >= 0.6 is 0 Å². The molecule has 0 amide bonds. The molecule has 13 heavy (non-hydrogen) atoms. The molecule has 1 aliphatic rings. The number of rotatable bonds is 2. The third-order valence-electron chi connectivity index (χ3n) is 2.61. The molecule has 3 nitrogen and oxygen atoms in total. The second kappa shape index (κ2) is 2.82. The molecule has 1 atom stereocenters. The maximum Gasteiger partial charge on any atom is 0.0782 e. The summed E-state index contributed by atoms with van der Waals surface area (Å²) in [5.41, 5.74) is 6.46. The molecule has 2 rings (SSSR count). The summed E-state index contributed by atoms with van der Waals surface area (Å²) in [5.74, 6) is 0. The van der Waals surface area contributed by atoms with Gasteiger partial charge in [-0.15, -0.1) is 0 Å². The highest BCUT2D eigenvalue weighted by atomic mass is 14.8. The van der Waals surface area contributed by atoms with Crippen LogP contribution in [0.4, 0.5) is 0 Å². The predicted molar refractivity (Wildman–Crippen MR) is 48.4 cm³/mol. The lowest BCUT2D eigenvalue weighted by molar-refractivity contribution is 0.507. The van der Waals surface area contributed by atoms with Gasteiger partial charge in [0.15, 0.2) is 0 Å². The number of hydrogen-bond acceptors (Lipinski definition) is 3. The van der Waals surface area contributed by atoms with Gasteiger partial charge in [0.25, 0.3) is 0 Å². The first-order chi connectivity index (χ1) is 6.28. The van der Waals surface area contributed by atoms with Crippen molar-refractivity contribution in [1.82, 2.24) is 4.98 Å². The van der Waals surface area contributed by atoms with Gasteiger partial charge in [-0.05, 0) is 25.0 Å². The summed E-state index contributed by atoms with van der Waals surface area (Å²) >= 11 is 0. The van der Waals surface area contributed by atoms with Crippen molar-refractivity contribution in [2.75, 3.05) is 0 Å². The molecular formula is C10H11N3. The summed E-state index contributed by atoms with van der Waals surface area (Å²) in [7, 11) is 0. The van der Waals surface area contributed by atoms with Crippen LogP contribution in [0.3, 0.4) is 0 Å². The summed E-state index contributed by atoms with van der Waals surface area (Å²) in [5, 5.41) is 8.93. The van der Waals surface area contributed by atoms with Gasteiger partial charge in [0.2, 0.25) is 0 Å². The molecule has 1 heterocycles. The number of nitrogens with zero attached hydrogens (tertiary/aromatic N) is 2. The summed E-state index contributed by atoms with van der Waals surface area (Å²) in [6, 6.07) is 7.69. The Labute approximate surface area is 77.2 Å². The Hall–Kier alpha value is -1.40. The average Bonchev–Trinajstić information content (AvgIpc) is 2.99. The maximum absolute atomic E-state index is 8.93. The van der Waals surface area contributed by atoms with Crippen molar-refractivity contribution in [1.29, 1.82) is 5.26 Å². The topological polar surface area (TPSA) is 62.7 Å². The fraction of sp³-hybridized carbons (Fsp3) is 0.400. The van der Waals surface area contributed by atoms with Crippen LogP contribution in [0.15, 0.2) is 24.4 Å². The Balaban J connectivity index is 2.24. The molecule has 0 bridgehead atoms. The van der Waals surface area contributed by atoms with Crippen LogP contribution < -0.4 is 5.73 Å². The minimum Gasteiger partial charge on any atom is -0.321 e. The highest BCUT2D eigenvalue weighted by molar-refractivity contribution is 5.23. The van der Waals surface area contributed by atoms with Crippen LogP contribution in [0, 0.1) is 16.7 Å². The molecule has 1 unspecified atom stereocenters. The van der Waals surface area contributed by atoms with E-state index in [1.165, 1.54) is 0 Å². The number of nitrogens with two attached hydrogens (primary N) is 1. The number of nitriles is 1. The van der Waals surface area contributed by atoms with Gasteiger partial charge >= 0.3 is 0 Å². The van der Waals surface area contributed by atoms with Gasteiger partial charge in [-0.25, -0.2) is 0 Å².